The highest BCUT2D eigenvalue weighted by Gasteiger charge is 2.09. The van der Waals surface area contributed by atoms with Crippen molar-refractivity contribution >= 4 is 11.8 Å². The number of nitrogens with one attached hydrogen (secondary N) is 1. The van der Waals surface area contributed by atoms with E-state index in [0.717, 1.165) is 5.56 Å². The van der Waals surface area contributed by atoms with Crippen LogP contribution in [0.15, 0.2) is 54.6 Å². The van der Waals surface area contributed by atoms with Crippen molar-refractivity contribution in [3.63, 3.8) is 0 Å². The number of rotatable bonds is 4. The molecular weight excluding hydrogens is 296 g/mol. The first-order valence-corrected chi connectivity index (χ1v) is 6.83. The molecule has 0 fully saturated rings. The van der Waals surface area contributed by atoms with Gasteiger partial charge in [0.1, 0.15) is 12.2 Å². The van der Waals surface area contributed by atoms with Crippen molar-refractivity contribution in [1.82, 2.24) is 5.32 Å². The Labute approximate surface area is 133 Å². The normalized spacial score (nSPS) is 9.39. The lowest BCUT2D eigenvalue weighted by atomic mass is 10.2. The van der Waals surface area contributed by atoms with E-state index in [2.05, 4.69) is 17.2 Å². The largest absolute Gasteiger partial charge is 0.445 e. The van der Waals surface area contributed by atoms with Gasteiger partial charge in [0.2, 0.25) is 0 Å². The number of benzene rings is 2. The molecule has 0 radical (unpaired) electrons. The van der Waals surface area contributed by atoms with Crippen LogP contribution >= 0.6 is 0 Å². The molecule has 0 saturated carbocycles. The monoisotopic (exact) mass is 310 g/mol. The van der Waals surface area contributed by atoms with Crippen molar-refractivity contribution in [2.45, 2.75) is 6.61 Å². The number of ether oxygens (including phenoxy) is 1. The SMILES string of the molecule is O=C(NCC#Cc1ccccc1[N+](=O)[O-])OCc1ccccc1. The molecule has 0 heterocycles. The molecule has 1 N–H and O–H groups in total. The molecular formula is C17H14N2O4. The molecule has 0 atom stereocenters. The van der Waals surface area contributed by atoms with Crippen LogP contribution in [0.4, 0.5) is 10.5 Å². The van der Waals surface area contributed by atoms with Gasteiger partial charge in [0.25, 0.3) is 5.69 Å². The maximum atomic E-state index is 11.5. The highest BCUT2D eigenvalue weighted by Crippen LogP contribution is 2.15. The summed E-state index contributed by atoms with van der Waals surface area (Å²) in [6.45, 7) is 0.212. The van der Waals surface area contributed by atoms with E-state index in [4.69, 9.17) is 4.74 Å². The minimum absolute atomic E-state index is 0.0413. The van der Waals surface area contributed by atoms with Crippen LogP contribution in [0.3, 0.4) is 0 Å². The lowest BCUT2D eigenvalue weighted by Gasteiger charge is -2.04. The summed E-state index contributed by atoms with van der Waals surface area (Å²) in [7, 11) is 0. The molecule has 0 saturated heterocycles. The van der Waals surface area contributed by atoms with Gasteiger partial charge in [-0.3, -0.25) is 10.1 Å². The molecule has 116 valence electrons. The molecule has 0 aliphatic carbocycles. The first kappa shape index (κ1) is 16.0. The summed E-state index contributed by atoms with van der Waals surface area (Å²) in [6, 6.07) is 15.5. The second kappa shape index (κ2) is 8.20. The Balaban J connectivity index is 1.81. The number of nitro benzene ring substituents is 1. The van der Waals surface area contributed by atoms with Crippen LogP contribution < -0.4 is 5.32 Å². The van der Waals surface area contributed by atoms with E-state index in [1.807, 2.05) is 30.3 Å². The summed E-state index contributed by atoms with van der Waals surface area (Å²) >= 11 is 0. The van der Waals surface area contributed by atoms with Gasteiger partial charge in [-0.1, -0.05) is 54.3 Å². The molecule has 6 heteroatoms. The van der Waals surface area contributed by atoms with Crippen LogP contribution in [0, 0.1) is 22.0 Å². The lowest BCUT2D eigenvalue weighted by Crippen LogP contribution is -2.24. The molecule has 0 unspecified atom stereocenters. The number of amides is 1. The van der Waals surface area contributed by atoms with E-state index in [9.17, 15) is 14.9 Å². The highest BCUT2D eigenvalue weighted by atomic mass is 16.6. The third kappa shape index (κ3) is 5.17. The number of carbonyl (C=O) groups is 1. The second-order valence-corrected chi connectivity index (χ2v) is 4.49. The summed E-state index contributed by atoms with van der Waals surface area (Å²) in [5.41, 5.74) is 1.12. The third-order valence-corrected chi connectivity index (χ3v) is 2.86. The van der Waals surface area contributed by atoms with Gasteiger partial charge in [-0.15, -0.1) is 0 Å². The fourth-order valence-electron chi connectivity index (χ4n) is 1.77. The molecule has 1 amide bonds. The van der Waals surface area contributed by atoms with Crippen LogP contribution in [-0.2, 0) is 11.3 Å². The standard InChI is InChI=1S/C17H14N2O4/c20-17(23-13-14-7-2-1-3-8-14)18-12-6-10-15-9-4-5-11-16(15)19(21)22/h1-5,7-9,11H,12-13H2,(H,18,20). The Kier molecular flexibility index (Phi) is 5.72. The average Bonchev–Trinajstić information content (AvgIpc) is 2.58. The molecule has 2 aromatic rings. The first-order valence-electron chi connectivity index (χ1n) is 6.83. The predicted octanol–water partition coefficient (Wildman–Crippen LogP) is 2.87. The molecule has 0 aliphatic rings. The Morgan fingerprint density at radius 2 is 1.83 bits per heavy atom. The molecule has 2 rings (SSSR count). The van der Waals surface area contributed by atoms with Gasteiger partial charge < -0.3 is 10.1 Å². The van der Waals surface area contributed by atoms with Crippen LogP contribution in [-0.4, -0.2) is 17.6 Å². The quantitative estimate of drug-likeness (QED) is 0.535. The van der Waals surface area contributed by atoms with Gasteiger partial charge in [0.05, 0.1) is 11.5 Å². The maximum absolute atomic E-state index is 11.5. The Bertz CT molecular complexity index is 748. The second-order valence-electron chi connectivity index (χ2n) is 4.49. The smallest absolute Gasteiger partial charge is 0.408 e. The minimum Gasteiger partial charge on any atom is -0.445 e. The molecule has 0 aliphatic heterocycles. The van der Waals surface area contributed by atoms with Gasteiger partial charge in [-0.05, 0) is 11.6 Å². The van der Waals surface area contributed by atoms with Crippen molar-refractivity contribution < 1.29 is 14.5 Å². The maximum Gasteiger partial charge on any atom is 0.408 e. The van der Waals surface area contributed by atoms with Crippen molar-refractivity contribution in [1.29, 1.82) is 0 Å². The summed E-state index contributed by atoms with van der Waals surface area (Å²) in [5.74, 6) is 5.32. The zero-order valence-electron chi connectivity index (χ0n) is 12.2. The molecule has 0 bridgehead atoms. The molecule has 23 heavy (non-hydrogen) atoms. The fourth-order valence-corrected chi connectivity index (χ4v) is 1.77. The predicted molar refractivity (Wildman–Crippen MR) is 84.6 cm³/mol. The van der Waals surface area contributed by atoms with Crippen molar-refractivity contribution in [2.75, 3.05) is 6.54 Å². The summed E-state index contributed by atoms with van der Waals surface area (Å²) in [5, 5.41) is 13.3. The molecule has 6 nitrogen and oxygen atoms in total. The topological polar surface area (TPSA) is 81.5 Å². The summed E-state index contributed by atoms with van der Waals surface area (Å²) < 4.78 is 5.02. The number of hydrogen-bond acceptors (Lipinski definition) is 4. The first-order chi connectivity index (χ1) is 11.2. The van der Waals surface area contributed by atoms with E-state index >= 15 is 0 Å². The fraction of sp³-hybridized carbons (Fsp3) is 0.118. The Hall–Kier alpha value is -3.33. The van der Waals surface area contributed by atoms with E-state index in [0.29, 0.717) is 5.56 Å². The van der Waals surface area contributed by atoms with Gasteiger partial charge in [-0.2, -0.15) is 0 Å². The van der Waals surface area contributed by atoms with E-state index in [1.54, 1.807) is 18.2 Å². The Morgan fingerprint density at radius 1 is 1.13 bits per heavy atom. The van der Waals surface area contributed by atoms with Gasteiger partial charge in [0.15, 0.2) is 0 Å². The lowest BCUT2D eigenvalue weighted by molar-refractivity contribution is -0.385. The average molecular weight is 310 g/mol. The zero-order chi connectivity index (χ0) is 16.5. The summed E-state index contributed by atoms with van der Waals surface area (Å²) in [6.07, 6.45) is -0.592. The zero-order valence-corrected chi connectivity index (χ0v) is 12.2. The van der Waals surface area contributed by atoms with Crippen molar-refractivity contribution in [2.24, 2.45) is 0 Å². The van der Waals surface area contributed by atoms with E-state index in [-0.39, 0.29) is 18.8 Å². The van der Waals surface area contributed by atoms with E-state index < -0.39 is 11.0 Å². The number of carbonyl (C=O) groups excluding carboxylic acids is 1. The van der Waals surface area contributed by atoms with Gasteiger partial charge >= 0.3 is 6.09 Å². The molecule has 0 aromatic heterocycles. The van der Waals surface area contributed by atoms with Gasteiger partial charge in [0, 0.05) is 6.07 Å². The van der Waals surface area contributed by atoms with Crippen molar-refractivity contribution in [3.8, 4) is 11.8 Å². The third-order valence-electron chi connectivity index (χ3n) is 2.86. The van der Waals surface area contributed by atoms with E-state index in [1.165, 1.54) is 6.07 Å². The minimum atomic E-state index is -0.592. The number of nitro groups is 1. The Morgan fingerprint density at radius 3 is 2.57 bits per heavy atom. The summed E-state index contributed by atoms with van der Waals surface area (Å²) in [4.78, 5) is 21.8. The van der Waals surface area contributed by atoms with Gasteiger partial charge in [-0.25, -0.2) is 4.79 Å². The number of para-hydroxylation sites is 1. The number of alkyl carbamates (subject to hydrolysis) is 1. The highest BCUT2D eigenvalue weighted by molar-refractivity contribution is 5.67. The van der Waals surface area contributed by atoms with Crippen LogP contribution in [0.1, 0.15) is 11.1 Å². The van der Waals surface area contributed by atoms with Crippen LogP contribution in [0.25, 0.3) is 0 Å². The molecule has 2 aromatic carbocycles. The number of nitrogens with zero attached hydrogens (tertiary/aromatic N) is 1. The number of hydrogen-bond donors (Lipinski definition) is 1. The van der Waals surface area contributed by atoms with Crippen molar-refractivity contribution in [3.05, 3.63) is 75.8 Å². The van der Waals surface area contributed by atoms with Crippen LogP contribution in [0.5, 0.6) is 0 Å². The van der Waals surface area contributed by atoms with Crippen LogP contribution in [0.2, 0.25) is 0 Å². The molecule has 0 spiro atoms.